The second kappa shape index (κ2) is 5.43. The predicted molar refractivity (Wildman–Crippen MR) is 65.0 cm³/mol. The minimum atomic E-state index is 0.682. The lowest BCUT2D eigenvalue weighted by Gasteiger charge is -2.04. The lowest BCUT2D eigenvalue weighted by molar-refractivity contribution is 0.959. The summed E-state index contributed by atoms with van der Waals surface area (Å²) < 4.78 is 0. The molecular weight excluding hydrogens is 215 g/mol. The van der Waals surface area contributed by atoms with Crippen molar-refractivity contribution in [2.45, 2.75) is 26.7 Å². The Bertz CT molecular complexity index is 340. The van der Waals surface area contributed by atoms with Crippen molar-refractivity contribution in [2.75, 3.05) is 0 Å². The summed E-state index contributed by atoms with van der Waals surface area (Å²) in [4.78, 5) is 0. The third kappa shape index (κ3) is 3.04. The van der Waals surface area contributed by atoms with E-state index >= 15 is 0 Å². The van der Waals surface area contributed by atoms with Gasteiger partial charge in [0.05, 0.1) is 0 Å². The average molecular weight is 229 g/mol. The summed E-state index contributed by atoms with van der Waals surface area (Å²) in [6.45, 7) is 4.23. The molecule has 0 spiro atoms. The van der Waals surface area contributed by atoms with Gasteiger partial charge < -0.3 is 0 Å². The molecule has 0 saturated carbocycles. The van der Waals surface area contributed by atoms with Crippen LogP contribution in [-0.4, -0.2) is 0 Å². The maximum absolute atomic E-state index is 6.08. The van der Waals surface area contributed by atoms with Gasteiger partial charge >= 0.3 is 0 Å². The molecule has 0 N–H and O–H groups in total. The van der Waals surface area contributed by atoms with Crippen molar-refractivity contribution in [3.05, 3.63) is 39.9 Å². The van der Waals surface area contributed by atoms with Gasteiger partial charge in [0.1, 0.15) is 0 Å². The van der Waals surface area contributed by atoms with Crippen LogP contribution in [0.2, 0.25) is 10.0 Å². The SMILES string of the molecule is CCCC=C(C)c1ccc(Cl)cc1Cl. The van der Waals surface area contributed by atoms with Gasteiger partial charge in [-0.15, -0.1) is 0 Å². The van der Waals surface area contributed by atoms with E-state index in [1.54, 1.807) is 6.07 Å². The van der Waals surface area contributed by atoms with Gasteiger partial charge in [0.2, 0.25) is 0 Å². The first-order valence-electron chi connectivity index (χ1n) is 4.77. The van der Waals surface area contributed by atoms with E-state index in [1.165, 1.54) is 5.57 Å². The van der Waals surface area contributed by atoms with Crippen LogP contribution in [0.5, 0.6) is 0 Å². The standard InChI is InChI=1S/C12H14Cl2/c1-3-4-5-9(2)11-7-6-10(13)8-12(11)14/h5-8H,3-4H2,1-2H3. The molecule has 0 bridgehead atoms. The first-order valence-corrected chi connectivity index (χ1v) is 5.53. The summed E-state index contributed by atoms with van der Waals surface area (Å²) in [6, 6.07) is 5.61. The zero-order valence-corrected chi connectivity index (χ0v) is 9.99. The molecular formula is C12H14Cl2. The Morgan fingerprint density at radius 1 is 1.36 bits per heavy atom. The highest BCUT2D eigenvalue weighted by molar-refractivity contribution is 6.35. The molecule has 0 unspecified atom stereocenters. The molecule has 0 aliphatic heterocycles. The molecule has 1 aromatic carbocycles. The summed E-state index contributed by atoms with van der Waals surface area (Å²) >= 11 is 11.9. The summed E-state index contributed by atoms with van der Waals surface area (Å²) in [5.41, 5.74) is 2.29. The summed E-state index contributed by atoms with van der Waals surface area (Å²) in [5, 5.41) is 1.41. The summed E-state index contributed by atoms with van der Waals surface area (Å²) in [6.07, 6.45) is 4.45. The molecule has 0 amide bonds. The molecule has 0 nitrogen and oxygen atoms in total. The van der Waals surface area contributed by atoms with Gasteiger partial charge in [-0.05, 0) is 36.6 Å². The molecule has 0 saturated heterocycles. The van der Waals surface area contributed by atoms with E-state index in [4.69, 9.17) is 23.2 Å². The van der Waals surface area contributed by atoms with Crippen LogP contribution in [0.25, 0.3) is 5.57 Å². The van der Waals surface area contributed by atoms with Crippen LogP contribution in [0, 0.1) is 0 Å². The molecule has 0 atom stereocenters. The van der Waals surface area contributed by atoms with E-state index in [0.717, 1.165) is 23.4 Å². The molecule has 76 valence electrons. The van der Waals surface area contributed by atoms with Crippen LogP contribution in [-0.2, 0) is 0 Å². The van der Waals surface area contributed by atoms with Crippen molar-refractivity contribution in [1.29, 1.82) is 0 Å². The maximum Gasteiger partial charge on any atom is 0.0495 e. The Morgan fingerprint density at radius 2 is 2.07 bits per heavy atom. The normalized spacial score (nSPS) is 11.9. The fourth-order valence-corrected chi connectivity index (χ4v) is 1.84. The Kier molecular flexibility index (Phi) is 4.50. The predicted octanol–water partition coefficient (Wildman–Crippen LogP) is 5.20. The van der Waals surface area contributed by atoms with Gasteiger partial charge in [0.25, 0.3) is 0 Å². The minimum Gasteiger partial charge on any atom is -0.0843 e. The van der Waals surface area contributed by atoms with Crippen molar-refractivity contribution < 1.29 is 0 Å². The van der Waals surface area contributed by atoms with Crippen molar-refractivity contribution in [2.24, 2.45) is 0 Å². The number of unbranched alkanes of at least 4 members (excludes halogenated alkanes) is 1. The number of allylic oxidation sites excluding steroid dienone is 2. The smallest absolute Gasteiger partial charge is 0.0495 e. The average Bonchev–Trinajstić information content (AvgIpc) is 2.14. The molecule has 14 heavy (non-hydrogen) atoms. The number of hydrogen-bond acceptors (Lipinski definition) is 0. The van der Waals surface area contributed by atoms with Crippen LogP contribution >= 0.6 is 23.2 Å². The Labute approximate surface area is 95.5 Å². The van der Waals surface area contributed by atoms with E-state index in [9.17, 15) is 0 Å². The first-order chi connectivity index (χ1) is 6.65. The second-order valence-electron chi connectivity index (χ2n) is 3.30. The van der Waals surface area contributed by atoms with Gasteiger partial charge in [-0.1, -0.05) is 48.7 Å². The fourth-order valence-electron chi connectivity index (χ4n) is 1.28. The van der Waals surface area contributed by atoms with Crippen molar-refractivity contribution in [1.82, 2.24) is 0 Å². The Hall–Kier alpha value is -0.460. The third-order valence-corrected chi connectivity index (χ3v) is 2.64. The van der Waals surface area contributed by atoms with Gasteiger partial charge in [-0.25, -0.2) is 0 Å². The molecule has 0 aliphatic carbocycles. The highest BCUT2D eigenvalue weighted by Gasteiger charge is 2.02. The van der Waals surface area contributed by atoms with E-state index in [0.29, 0.717) is 5.02 Å². The van der Waals surface area contributed by atoms with Crippen LogP contribution < -0.4 is 0 Å². The van der Waals surface area contributed by atoms with E-state index in [2.05, 4.69) is 19.9 Å². The maximum atomic E-state index is 6.08. The number of halogens is 2. The Morgan fingerprint density at radius 3 is 2.64 bits per heavy atom. The van der Waals surface area contributed by atoms with Gasteiger partial charge in [-0.2, -0.15) is 0 Å². The molecule has 0 radical (unpaired) electrons. The van der Waals surface area contributed by atoms with Crippen LogP contribution in [0.3, 0.4) is 0 Å². The van der Waals surface area contributed by atoms with Gasteiger partial charge in [0.15, 0.2) is 0 Å². The largest absolute Gasteiger partial charge is 0.0843 e. The Balaban J connectivity index is 2.95. The molecule has 1 rings (SSSR count). The number of rotatable bonds is 3. The van der Waals surface area contributed by atoms with Crippen molar-refractivity contribution >= 4 is 28.8 Å². The highest BCUT2D eigenvalue weighted by atomic mass is 35.5. The molecule has 0 fully saturated rings. The van der Waals surface area contributed by atoms with Crippen LogP contribution in [0.4, 0.5) is 0 Å². The lowest BCUT2D eigenvalue weighted by Crippen LogP contribution is -1.81. The van der Waals surface area contributed by atoms with Crippen molar-refractivity contribution in [3.8, 4) is 0 Å². The highest BCUT2D eigenvalue weighted by Crippen LogP contribution is 2.26. The number of benzene rings is 1. The fraction of sp³-hybridized carbons (Fsp3) is 0.333. The van der Waals surface area contributed by atoms with Crippen LogP contribution in [0.1, 0.15) is 32.3 Å². The topological polar surface area (TPSA) is 0 Å². The van der Waals surface area contributed by atoms with E-state index < -0.39 is 0 Å². The number of hydrogen-bond donors (Lipinski definition) is 0. The zero-order valence-electron chi connectivity index (χ0n) is 8.48. The zero-order chi connectivity index (χ0) is 10.6. The monoisotopic (exact) mass is 228 g/mol. The van der Waals surface area contributed by atoms with Gasteiger partial charge in [-0.3, -0.25) is 0 Å². The van der Waals surface area contributed by atoms with Crippen LogP contribution in [0.15, 0.2) is 24.3 Å². The summed E-state index contributed by atoms with van der Waals surface area (Å²) in [5.74, 6) is 0. The van der Waals surface area contributed by atoms with Gasteiger partial charge in [0, 0.05) is 10.0 Å². The van der Waals surface area contributed by atoms with Crippen molar-refractivity contribution in [3.63, 3.8) is 0 Å². The second-order valence-corrected chi connectivity index (χ2v) is 4.14. The third-order valence-electron chi connectivity index (χ3n) is 2.10. The van der Waals surface area contributed by atoms with E-state index in [1.807, 2.05) is 12.1 Å². The molecule has 0 aliphatic rings. The minimum absolute atomic E-state index is 0.682. The first kappa shape index (κ1) is 11.6. The molecule has 1 aromatic rings. The molecule has 2 heteroatoms. The quantitative estimate of drug-likeness (QED) is 0.668. The lowest BCUT2D eigenvalue weighted by atomic mass is 10.1. The summed E-state index contributed by atoms with van der Waals surface area (Å²) in [7, 11) is 0. The molecule has 0 aromatic heterocycles. The van der Waals surface area contributed by atoms with E-state index in [-0.39, 0.29) is 0 Å². The molecule has 0 heterocycles.